The summed E-state index contributed by atoms with van der Waals surface area (Å²) in [6, 6.07) is 5.35. The average molecular weight is 725 g/mol. The minimum absolute atomic E-state index is 0.0106. The number of ketones is 1. The highest BCUT2D eigenvalue weighted by Gasteiger charge is 2.68. The third-order valence-corrected chi connectivity index (χ3v) is 12.7. The molecule has 1 spiro atoms. The van der Waals surface area contributed by atoms with Gasteiger partial charge in [-0.15, -0.1) is 0 Å². The number of carbonyl (C=O) groups excluding carboxylic acids is 2. The van der Waals surface area contributed by atoms with Gasteiger partial charge in [-0.1, -0.05) is 84.1 Å². The van der Waals surface area contributed by atoms with Crippen molar-refractivity contribution in [2.24, 2.45) is 28.9 Å². The lowest BCUT2D eigenvalue weighted by Gasteiger charge is -2.57. The number of carbonyl (C=O) groups is 2. The summed E-state index contributed by atoms with van der Waals surface area (Å²) in [7, 11) is 0. The minimum atomic E-state index is -1.14. The van der Waals surface area contributed by atoms with Gasteiger partial charge in [-0.25, -0.2) is 4.79 Å². The highest BCUT2D eigenvalue weighted by atomic mass is 16.6. The molecule has 9 nitrogen and oxygen atoms in total. The normalized spacial score (nSPS) is 35.5. The van der Waals surface area contributed by atoms with Crippen molar-refractivity contribution in [3.8, 4) is 17.6 Å². The summed E-state index contributed by atoms with van der Waals surface area (Å²) in [5, 5.41) is 38.2. The third-order valence-electron chi connectivity index (χ3n) is 12.7. The Morgan fingerprint density at radius 1 is 1.21 bits per heavy atom. The predicted molar refractivity (Wildman–Crippen MR) is 204 cm³/mol. The van der Waals surface area contributed by atoms with Crippen LogP contribution >= 0.6 is 0 Å². The first-order valence-corrected chi connectivity index (χ1v) is 19.3. The number of hydrogen-bond donors (Lipinski definition) is 5. The monoisotopic (exact) mass is 724 g/mol. The van der Waals surface area contributed by atoms with Crippen molar-refractivity contribution >= 4 is 11.9 Å². The fourth-order valence-electron chi connectivity index (χ4n) is 10.1. The number of allylic oxidation sites excluding steroid dienone is 8. The van der Waals surface area contributed by atoms with Crippen LogP contribution in [0.15, 0.2) is 76.9 Å². The molecule has 3 aliphatic carbocycles. The first-order chi connectivity index (χ1) is 25.5. The summed E-state index contributed by atoms with van der Waals surface area (Å²) < 4.78 is 11.7. The lowest BCUT2D eigenvalue weighted by Crippen LogP contribution is -2.61. The average Bonchev–Trinajstić information content (AvgIpc) is 3.30. The number of fused-ring (bicyclic) bond motifs is 2. The van der Waals surface area contributed by atoms with Gasteiger partial charge < -0.3 is 35.8 Å². The topological polar surface area (TPSA) is 151 Å². The molecule has 9 heteroatoms. The third kappa shape index (κ3) is 7.90. The Kier molecular flexibility index (Phi) is 12.3. The summed E-state index contributed by atoms with van der Waals surface area (Å²) in [6.07, 6.45) is 13.3. The molecule has 7 atom stereocenters. The molecule has 0 saturated heterocycles. The predicted octanol–water partition coefficient (Wildman–Crippen LogP) is 6.44. The highest BCUT2D eigenvalue weighted by Crippen LogP contribution is 2.67. The van der Waals surface area contributed by atoms with Crippen molar-refractivity contribution in [3.05, 3.63) is 88.1 Å². The molecule has 0 radical (unpaired) electrons. The SMILES string of the molecule is C=C1/C=C/C=C(\[C@H]2[C@@H]3CCC[C@@]4(O)CC/C(=C(/C)C(=O)Cc5cccc6c5OC(=O)N[C@@H]6N)[C@@H](CCCO)[C@]4(C3)[C@@H]2O)COCC#CC/C(C)=C/CC1. The number of aliphatic hydroxyl groups excluding tert-OH is 2. The van der Waals surface area contributed by atoms with Crippen molar-refractivity contribution in [2.75, 3.05) is 19.8 Å². The van der Waals surface area contributed by atoms with E-state index in [-0.39, 0.29) is 43.2 Å². The summed E-state index contributed by atoms with van der Waals surface area (Å²) in [5.74, 6) is 6.07. The Balaban J connectivity index is 1.36. The minimum Gasteiger partial charge on any atom is -0.410 e. The van der Waals surface area contributed by atoms with Crippen LogP contribution in [0.3, 0.4) is 0 Å². The zero-order valence-electron chi connectivity index (χ0n) is 31.3. The van der Waals surface area contributed by atoms with Crippen LogP contribution < -0.4 is 15.8 Å². The van der Waals surface area contributed by atoms with Gasteiger partial charge in [-0.05, 0) is 94.6 Å². The van der Waals surface area contributed by atoms with Crippen LogP contribution in [0.4, 0.5) is 4.79 Å². The maximum absolute atomic E-state index is 14.2. The number of rotatable bonds is 7. The molecule has 3 saturated carbocycles. The van der Waals surface area contributed by atoms with Crippen LogP contribution in [0.1, 0.15) is 102 Å². The molecule has 2 aliphatic heterocycles. The van der Waals surface area contributed by atoms with Gasteiger partial charge in [0, 0.05) is 41.9 Å². The fourth-order valence-corrected chi connectivity index (χ4v) is 10.1. The van der Waals surface area contributed by atoms with Crippen LogP contribution in [0, 0.1) is 35.0 Å². The van der Waals surface area contributed by atoms with Gasteiger partial charge in [-0.2, -0.15) is 0 Å². The van der Waals surface area contributed by atoms with Gasteiger partial charge in [0.2, 0.25) is 0 Å². The van der Waals surface area contributed by atoms with Gasteiger partial charge in [-0.3, -0.25) is 4.79 Å². The number of benzene rings is 1. The van der Waals surface area contributed by atoms with Gasteiger partial charge in [0.15, 0.2) is 5.78 Å². The molecule has 5 aliphatic rings. The second-order valence-electron chi connectivity index (χ2n) is 15.8. The van der Waals surface area contributed by atoms with Crippen molar-refractivity contribution in [1.82, 2.24) is 5.32 Å². The number of nitrogens with one attached hydrogen (secondary N) is 1. The standard InChI is InChI=1S/C44H56N2O7/c1-28-11-4-5-24-52-27-33(16-7-14-29(2)13-6-12-28)38-32-17-9-21-43(51)22-20-34(36(19-10-23-47)44(43,26-32)40(38)49)30(3)37(48)25-31-15-8-18-35-39(31)53-42(50)46-41(35)45/h7-8,12,14-16,18,32,36,38,40-41,47,49,51H,2,6,9-11,13,17,19-27,45H2,1,3H3,(H,46,50)/b14-7+,28-12+,33-16-,34-30+/t32-,36-,38-,40-,41+,43-,44-/m1/s1. The number of ether oxygens (including phenoxy) is 2. The highest BCUT2D eigenvalue weighted by molar-refractivity contribution is 5.97. The molecule has 6 rings (SSSR count). The molecule has 2 heterocycles. The summed E-state index contributed by atoms with van der Waals surface area (Å²) in [5.41, 5.74) is 10.0. The summed E-state index contributed by atoms with van der Waals surface area (Å²) in [6.45, 7) is 8.74. The molecular weight excluding hydrogens is 668 g/mol. The van der Waals surface area contributed by atoms with Gasteiger partial charge in [0.05, 0.1) is 18.3 Å². The number of Topliss-reactive ketones (excluding diaryl/α,β-unsaturated/α-hetero) is 1. The van der Waals surface area contributed by atoms with E-state index in [1.165, 1.54) is 5.57 Å². The lowest BCUT2D eigenvalue weighted by molar-refractivity contribution is -0.181. The number of amides is 1. The molecule has 2 bridgehead atoms. The zero-order chi connectivity index (χ0) is 37.8. The van der Waals surface area contributed by atoms with Crippen LogP contribution in [0.5, 0.6) is 5.75 Å². The first-order valence-electron chi connectivity index (χ1n) is 19.3. The van der Waals surface area contributed by atoms with E-state index in [1.54, 1.807) is 18.2 Å². The Hall–Kier alpha value is -3.78. The molecule has 1 amide bonds. The number of nitrogens with two attached hydrogens (primary N) is 1. The van der Waals surface area contributed by atoms with Crippen molar-refractivity contribution in [3.63, 3.8) is 0 Å². The summed E-state index contributed by atoms with van der Waals surface area (Å²) in [4.78, 5) is 26.4. The first kappa shape index (κ1) is 38.9. The molecule has 284 valence electrons. The van der Waals surface area contributed by atoms with Gasteiger partial charge in [0.1, 0.15) is 18.5 Å². The quantitative estimate of drug-likeness (QED) is 0.122. The molecule has 0 aromatic heterocycles. The van der Waals surface area contributed by atoms with E-state index in [0.717, 1.165) is 42.4 Å². The maximum atomic E-state index is 14.2. The van der Waals surface area contributed by atoms with Gasteiger partial charge in [0.25, 0.3) is 0 Å². The maximum Gasteiger partial charge on any atom is 0.414 e. The zero-order valence-corrected chi connectivity index (χ0v) is 31.3. The second kappa shape index (κ2) is 16.7. The van der Waals surface area contributed by atoms with Crippen molar-refractivity contribution < 1.29 is 34.4 Å². The van der Waals surface area contributed by atoms with E-state index in [0.29, 0.717) is 74.0 Å². The van der Waals surface area contributed by atoms with Crippen LogP contribution in [-0.2, 0) is 16.0 Å². The Morgan fingerprint density at radius 2 is 2.04 bits per heavy atom. The Bertz CT molecular complexity index is 1780. The second-order valence-corrected chi connectivity index (χ2v) is 15.8. The largest absolute Gasteiger partial charge is 0.414 e. The Morgan fingerprint density at radius 3 is 2.85 bits per heavy atom. The van der Waals surface area contributed by atoms with Crippen molar-refractivity contribution in [2.45, 2.75) is 109 Å². The molecule has 0 unspecified atom stereocenters. The fraction of sp³-hybridized carbons (Fsp3) is 0.545. The molecule has 6 N–H and O–H groups in total. The van der Waals surface area contributed by atoms with E-state index < -0.39 is 29.4 Å². The van der Waals surface area contributed by atoms with E-state index in [4.69, 9.17) is 15.2 Å². The molecule has 1 aromatic rings. The summed E-state index contributed by atoms with van der Waals surface area (Å²) >= 11 is 0. The van der Waals surface area contributed by atoms with Crippen LogP contribution in [-0.4, -0.2) is 58.7 Å². The van der Waals surface area contributed by atoms with Crippen molar-refractivity contribution in [1.29, 1.82) is 0 Å². The molecule has 1 aromatic carbocycles. The van der Waals surface area contributed by atoms with E-state index in [9.17, 15) is 24.9 Å². The lowest BCUT2D eigenvalue weighted by atomic mass is 9.51. The van der Waals surface area contributed by atoms with E-state index in [2.05, 4.69) is 42.8 Å². The van der Waals surface area contributed by atoms with Gasteiger partial charge >= 0.3 is 6.09 Å². The van der Waals surface area contributed by atoms with Crippen LogP contribution in [0.25, 0.3) is 0 Å². The number of hydrogen-bond acceptors (Lipinski definition) is 8. The molecule has 3 fully saturated rings. The smallest absolute Gasteiger partial charge is 0.410 e. The number of aliphatic hydroxyl groups is 3. The molecular formula is C44H56N2O7. The van der Waals surface area contributed by atoms with E-state index in [1.807, 2.05) is 19.1 Å². The van der Waals surface area contributed by atoms with E-state index >= 15 is 0 Å². The number of para-hydroxylation sites is 1. The Labute approximate surface area is 314 Å². The molecule has 53 heavy (non-hydrogen) atoms. The van der Waals surface area contributed by atoms with Crippen LogP contribution in [0.2, 0.25) is 0 Å².